The minimum Gasteiger partial charge on any atom is -0.309 e. The molecule has 0 saturated heterocycles. The molecule has 0 fully saturated rings. The van der Waals surface area contributed by atoms with Gasteiger partial charge in [-0.1, -0.05) is 202 Å². The van der Waals surface area contributed by atoms with E-state index < -0.39 is 5.41 Å². The van der Waals surface area contributed by atoms with Crippen LogP contribution in [0.25, 0.3) is 77.2 Å². The van der Waals surface area contributed by atoms with Gasteiger partial charge in [0, 0.05) is 27.1 Å². The van der Waals surface area contributed by atoms with E-state index in [-0.39, 0.29) is 32.5 Å². The molecular formula is C73H76N2. The first-order chi connectivity index (χ1) is 35.2. The van der Waals surface area contributed by atoms with Gasteiger partial charge in [-0.3, -0.25) is 0 Å². The Morgan fingerprint density at radius 3 is 1.29 bits per heavy atom. The van der Waals surface area contributed by atoms with Crippen LogP contribution in [0.15, 0.2) is 146 Å². The van der Waals surface area contributed by atoms with Crippen molar-refractivity contribution in [1.29, 1.82) is 0 Å². The smallest absolute Gasteiger partial charge is 0.0754 e. The quantitative estimate of drug-likeness (QED) is 0.163. The summed E-state index contributed by atoms with van der Waals surface area (Å²) in [5.74, 6) is 0. The lowest BCUT2D eigenvalue weighted by atomic mass is 9.62. The van der Waals surface area contributed by atoms with Crippen LogP contribution in [0.1, 0.15) is 179 Å². The summed E-state index contributed by atoms with van der Waals surface area (Å²) in [6.07, 6.45) is 2.34. The molecule has 2 aromatic heterocycles. The topological polar surface area (TPSA) is 9.86 Å². The zero-order valence-electron chi connectivity index (χ0n) is 47.7. The van der Waals surface area contributed by atoms with E-state index in [1.54, 1.807) is 0 Å². The maximum absolute atomic E-state index is 2.69. The van der Waals surface area contributed by atoms with E-state index in [2.05, 4.69) is 266 Å². The van der Waals surface area contributed by atoms with Gasteiger partial charge in [0.1, 0.15) is 0 Å². The van der Waals surface area contributed by atoms with Crippen molar-refractivity contribution in [1.82, 2.24) is 9.13 Å². The van der Waals surface area contributed by atoms with Crippen molar-refractivity contribution >= 4 is 43.6 Å². The minimum atomic E-state index is -0.619. The molecule has 13 rings (SSSR count). The third-order valence-electron chi connectivity index (χ3n) is 18.6. The molecule has 3 heterocycles. The standard InChI is InChI=1S/C73H76N2/c1-67(2,3)44-26-30-61-51(36-44)52-37-45(68(4,5)6)27-31-62(52)74(61)64-42-65-59(41-50(64)43-25-29-57-58(35-43)72(15,16)34-33-71(57,13)14)73(55-23-19-17-21-48(55)49-22-18-20-24-56(49)73)60-40-47(70(10,11)12)39-54-53-38-46(69(7,8)9)28-32-63(53)75(65)66(54)60/h17-32,35-42H,33-34H2,1-16H3. The number of fused-ring (bicyclic) bond motifs is 16. The van der Waals surface area contributed by atoms with E-state index >= 15 is 0 Å². The average molecular weight is 981 g/mol. The predicted octanol–water partition coefficient (Wildman–Crippen LogP) is 19.8. The van der Waals surface area contributed by atoms with Crippen LogP contribution >= 0.6 is 0 Å². The molecule has 2 aliphatic carbocycles. The van der Waals surface area contributed by atoms with Gasteiger partial charge in [-0.05, 0) is 172 Å². The number of nitrogens with zero attached hydrogens (tertiary/aromatic N) is 2. The Kier molecular flexibility index (Phi) is 9.78. The molecule has 10 aromatic rings. The summed E-state index contributed by atoms with van der Waals surface area (Å²) < 4.78 is 5.34. The molecule has 0 N–H and O–H groups in total. The molecule has 1 aliphatic heterocycles. The van der Waals surface area contributed by atoms with E-state index in [4.69, 9.17) is 0 Å². The second-order valence-electron chi connectivity index (χ2n) is 28.5. The van der Waals surface area contributed by atoms with Gasteiger partial charge >= 0.3 is 0 Å². The summed E-state index contributed by atoms with van der Waals surface area (Å²) in [4.78, 5) is 0. The third-order valence-corrected chi connectivity index (χ3v) is 18.6. The molecule has 2 heteroatoms. The van der Waals surface area contributed by atoms with E-state index in [1.165, 1.54) is 139 Å². The molecule has 3 aliphatic rings. The van der Waals surface area contributed by atoms with Crippen LogP contribution in [0.5, 0.6) is 0 Å². The maximum atomic E-state index is 2.69. The van der Waals surface area contributed by atoms with E-state index in [0.29, 0.717) is 0 Å². The Bertz CT molecular complexity index is 3970. The molecule has 0 unspecified atom stereocenters. The van der Waals surface area contributed by atoms with Gasteiger partial charge in [0.05, 0.1) is 38.9 Å². The highest BCUT2D eigenvalue weighted by atomic mass is 15.0. The fourth-order valence-corrected chi connectivity index (χ4v) is 14.0. The molecule has 378 valence electrons. The molecule has 0 radical (unpaired) electrons. The van der Waals surface area contributed by atoms with Gasteiger partial charge in [-0.15, -0.1) is 0 Å². The van der Waals surface area contributed by atoms with Crippen LogP contribution in [0, 0.1) is 0 Å². The van der Waals surface area contributed by atoms with Crippen LogP contribution in [0.3, 0.4) is 0 Å². The lowest BCUT2D eigenvalue weighted by Crippen LogP contribution is -2.34. The number of rotatable bonds is 2. The first-order valence-electron chi connectivity index (χ1n) is 28.0. The average Bonchev–Trinajstić information content (AvgIpc) is 3.97. The van der Waals surface area contributed by atoms with Crippen molar-refractivity contribution < 1.29 is 0 Å². The fraction of sp³-hybridized carbons (Fsp3) is 0.342. The molecule has 0 saturated carbocycles. The molecule has 0 amide bonds. The normalized spacial score (nSPS) is 16.5. The maximum Gasteiger partial charge on any atom is 0.0754 e. The summed E-state index contributed by atoms with van der Waals surface area (Å²) in [7, 11) is 0. The zero-order valence-corrected chi connectivity index (χ0v) is 47.7. The number of hydrogen-bond acceptors (Lipinski definition) is 0. The van der Waals surface area contributed by atoms with Crippen LogP contribution in [-0.4, -0.2) is 9.13 Å². The van der Waals surface area contributed by atoms with Crippen LogP contribution in [-0.2, 0) is 37.9 Å². The van der Waals surface area contributed by atoms with Crippen molar-refractivity contribution in [2.75, 3.05) is 0 Å². The Labute approximate surface area is 446 Å². The Hall–Kier alpha value is -6.64. The zero-order chi connectivity index (χ0) is 52.9. The van der Waals surface area contributed by atoms with Gasteiger partial charge in [0.25, 0.3) is 0 Å². The van der Waals surface area contributed by atoms with E-state index in [1.807, 2.05) is 0 Å². The SMILES string of the molecule is CC(C)(C)c1ccc2c(c1)c1cc(C(C)(C)C)ccc1n2-c1cc2c(cc1-c1ccc3c(c1)C(C)(C)CCC3(C)C)C1(c3ccccc3-c3ccccc31)c1cc(C(C)(C)C)cc3c4cc(C(C)(C)C)ccc4n-2c13. The number of aromatic nitrogens is 2. The number of benzene rings is 8. The van der Waals surface area contributed by atoms with Gasteiger partial charge in [0.15, 0.2) is 0 Å². The molecule has 1 spiro atoms. The second-order valence-corrected chi connectivity index (χ2v) is 28.5. The van der Waals surface area contributed by atoms with E-state index in [9.17, 15) is 0 Å². The van der Waals surface area contributed by atoms with Gasteiger partial charge in [-0.25, -0.2) is 0 Å². The molecule has 8 aromatic carbocycles. The van der Waals surface area contributed by atoms with Gasteiger partial charge in [0.2, 0.25) is 0 Å². The highest BCUT2D eigenvalue weighted by Crippen LogP contribution is 2.63. The first-order valence-corrected chi connectivity index (χ1v) is 28.0. The Morgan fingerprint density at radius 2 is 0.787 bits per heavy atom. The molecule has 75 heavy (non-hydrogen) atoms. The predicted molar refractivity (Wildman–Crippen MR) is 322 cm³/mol. The van der Waals surface area contributed by atoms with Crippen molar-refractivity contribution in [2.24, 2.45) is 0 Å². The van der Waals surface area contributed by atoms with Crippen molar-refractivity contribution in [2.45, 2.75) is 162 Å². The largest absolute Gasteiger partial charge is 0.309 e. The highest BCUT2D eigenvalue weighted by molar-refractivity contribution is 6.15. The number of hydrogen-bond donors (Lipinski definition) is 0. The van der Waals surface area contributed by atoms with Crippen LogP contribution < -0.4 is 0 Å². The summed E-state index contributed by atoms with van der Waals surface area (Å²) >= 11 is 0. The van der Waals surface area contributed by atoms with E-state index in [0.717, 1.165) is 6.42 Å². The van der Waals surface area contributed by atoms with Crippen molar-refractivity contribution in [3.8, 4) is 33.6 Å². The Morgan fingerprint density at radius 1 is 0.333 bits per heavy atom. The first kappa shape index (κ1) is 48.0. The van der Waals surface area contributed by atoms with Gasteiger partial charge in [-0.2, -0.15) is 0 Å². The molecule has 0 atom stereocenters. The second kappa shape index (κ2) is 15.3. The highest BCUT2D eigenvalue weighted by Gasteiger charge is 2.52. The van der Waals surface area contributed by atoms with Crippen molar-refractivity contribution in [3.05, 3.63) is 201 Å². The summed E-state index contributed by atoms with van der Waals surface area (Å²) in [5.41, 5.74) is 25.8. The van der Waals surface area contributed by atoms with Crippen LogP contribution in [0.2, 0.25) is 0 Å². The third kappa shape index (κ3) is 6.76. The molecule has 0 bridgehead atoms. The lowest BCUT2D eigenvalue weighted by Gasteiger charge is -2.42. The monoisotopic (exact) mass is 981 g/mol. The van der Waals surface area contributed by atoms with Gasteiger partial charge < -0.3 is 9.13 Å². The van der Waals surface area contributed by atoms with Crippen molar-refractivity contribution in [3.63, 3.8) is 0 Å². The Balaban J connectivity index is 1.27. The summed E-state index contributed by atoms with van der Waals surface area (Å²) in [6.45, 7) is 38.2. The molecule has 2 nitrogen and oxygen atoms in total. The summed E-state index contributed by atoms with van der Waals surface area (Å²) in [6, 6.07) is 58.8. The van der Waals surface area contributed by atoms with Crippen LogP contribution in [0.4, 0.5) is 0 Å². The fourth-order valence-electron chi connectivity index (χ4n) is 14.0. The minimum absolute atomic E-state index is 0.0128. The lowest BCUT2D eigenvalue weighted by molar-refractivity contribution is 0.332. The molecular weight excluding hydrogens is 905 g/mol. The summed E-state index contributed by atoms with van der Waals surface area (Å²) in [5, 5.41) is 5.26.